The first-order valence-electron chi connectivity index (χ1n) is 6.61. The Labute approximate surface area is 106 Å². The Hall–Kier alpha value is 0.310. The molecule has 1 aliphatic rings. The predicted molar refractivity (Wildman–Crippen MR) is 76.2 cm³/mol. The summed E-state index contributed by atoms with van der Waals surface area (Å²) in [5.74, 6) is 1.22. The fraction of sp³-hybridized carbons (Fsp3) is 1.00. The van der Waals surface area contributed by atoms with E-state index in [-0.39, 0.29) is 0 Å². The molecule has 0 bridgehead atoms. The molecule has 1 N–H and O–H groups in total. The topological polar surface area (TPSA) is 12.0 Å². The summed E-state index contributed by atoms with van der Waals surface area (Å²) in [6.07, 6.45) is 4.13. The lowest BCUT2D eigenvalue weighted by atomic mass is 9.87. The van der Waals surface area contributed by atoms with E-state index in [9.17, 15) is 0 Å². The standard InChI is InChI=1S/C14H29NS/c1-11(10-16-13(2,3)4)15-12-8-7-9-14(12,5)6/h11-12,15H,7-10H2,1-6H3. The number of nitrogens with one attached hydrogen (secondary N) is 1. The molecule has 0 aromatic heterocycles. The van der Waals surface area contributed by atoms with E-state index in [1.165, 1.54) is 25.0 Å². The van der Waals surface area contributed by atoms with Crippen molar-refractivity contribution >= 4 is 11.8 Å². The zero-order valence-corrected chi connectivity index (χ0v) is 12.7. The van der Waals surface area contributed by atoms with Crippen molar-refractivity contribution in [2.24, 2.45) is 5.41 Å². The van der Waals surface area contributed by atoms with Gasteiger partial charge in [-0.25, -0.2) is 0 Å². The fourth-order valence-electron chi connectivity index (χ4n) is 2.40. The molecule has 0 radical (unpaired) electrons. The highest BCUT2D eigenvalue weighted by atomic mass is 32.2. The lowest BCUT2D eigenvalue weighted by Gasteiger charge is -2.31. The monoisotopic (exact) mass is 243 g/mol. The Bertz CT molecular complexity index is 217. The molecule has 0 saturated heterocycles. The second-order valence-corrected chi connectivity index (χ2v) is 8.77. The molecule has 0 heterocycles. The molecule has 1 fully saturated rings. The van der Waals surface area contributed by atoms with Crippen molar-refractivity contribution in [1.29, 1.82) is 0 Å². The number of rotatable bonds is 4. The highest BCUT2D eigenvalue weighted by Gasteiger charge is 2.34. The van der Waals surface area contributed by atoms with Crippen LogP contribution in [0.3, 0.4) is 0 Å². The molecule has 16 heavy (non-hydrogen) atoms. The summed E-state index contributed by atoms with van der Waals surface area (Å²) in [4.78, 5) is 0. The maximum Gasteiger partial charge on any atom is 0.0132 e. The van der Waals surface area contributed by atoms with Gasteiger partial charge in [0.1, 0.15) is 0 Å². The average Bonchev–Trinajstić information content (AvgIpc) is 2.42. The van der Waals surface area contributed by atoms with Gasteiger partial charge in [0.25, 0.3) is 0 Å². The maximum atomic E-state index is 3.82. The van der Waals surface area contributed by atoms with Crippen LogP contribution in [0.15, 0.2) is 0 Å². The van der Waals surface area contributed by atoms with Crippen LogP contribution >= 0.6 is 11.8 Å². The molecular formula is C14H29NS. The number of hydrogen-bond acceptors (Lipinski definition) is 2. The fourth-order valence-corrected chi connectivity index (χ4v) is 3.25. The summed E-state index contributed by atoms with van der Waals surface area (Å²) in [5.41, 5.74) is 0.501. The van der Waals surface area contributed by atoms with Crippen LogP contribution in [0.25, 0.3) is 0 Å². The Morgan fingerprint density at radius 2 is 2.00 bits per heavy atom. The predicted octanol–water partition coefficient (Wildman–Crippen LogP) is 4.07. The molecule has 2 atom stereocenters. The van der Waals surface area contributed by atoms with Gasteiger partial charge in [0, 0.05) is 22.6 Å². The van der Waals surface area contributed by atoms with Gasteiger partial charge in [-0.2, -0.15) is 11.8 Å². The second-order valence-electron chi connectivity index (χ2n) is 6.92. The van der Waals surface area contributed by atoms with E-state index in [2.05, 4.69) is 58.6 Å². The minimum atomic E-state index is 0.390. The zero-order chi connectivity index (χ0) is 12.4. The lowest BCUT2D eigenvalue weighted by molar-refractivity contribution is 0.271. The van der Waals surface area contributed by atoms with Gasteiger partial charge in [-0.1, -0.05) is 41.0 Å². The Balaban J connectivity index is 2.31. The molecule has 96 valence electrons. The first-order valence-corrected chi connectivity index (χ1v) is 7.59. The molecule has 2 heteroatoms. The van der Waals surface area contributed by atoms with E-state index in [0.29, 0.717) is 16.2 Å². The average molecular weight is 243 g/mol. The molecule has 0 amide bonds. The van der Waals surface area contributed by atoms with Crippen molar-refractivity contribution in [3.8, 4) is 0 Å². The first-order chi connectivity index (χ1) is 7.21. The van der Waals surface area contributed by atoms with Gasteiger partial charge >= 0.3 is 0 Å². The van der Waals surface area contributed by atoms with Crippen molar-refractivity contribution in [2.75, 3.05) is 5.75 Å². The third kappa shape index (κ3) is 4.67. The molecule has 1 saturated carbocycles. The second kappa shape index (κ2) is 5.30. The summed E-state index contributed by atoms with van der Waals surface area (Å²) in [7, 11) is 0. The Kier molecular flexibility index (Phi) is 4.76. The highest BCUT2D eigenvalue weighted by molar-refractivity contribution is 8.00. The van der Waals surface area contributed by atoms with Crippen molar-refractivity contribution in [1.82, 2.24) is 5.32 Å². The van der Waals surface area contributed by atoms with Crippen molar-refractivity contribution < 1.29 is 0 Å². The van der Waals surface area contributed by atoms with Crippen LogP contribution in [0.2, 0.25) is 0 Å². The van der Waals surface area contributed by atoms with Gasteiger partial charge in [0.05, 0.1) is 0 Å². The maximum absolute atomic E-state index is 3.82. The van der Waals surface area contributed by atoms with Gasteiger partial charge in [0.15, 0.2) is 0 Å². The molecule has 0 aromatic carbocycles. The van der Waals surface area contributed by atoms with Gasteiger partial charge in [-0.15, -0.1) is 0 Å². The Morgan fingerprint density at radius 3 is 2.44 bits per heavy atom. The summed E-state index contributed by atoms with van der Waals surface area (Å²) in [6.45, 7) is 14.0. The van der Waals surface area contributed by atoms with Crippen LogP contribution < -0.4 is 5.32 Å². The molecular weight excluding hydrogens is 214 g/mol. The van der Waals surface area contributed by atoms with Crippen molar-refractivity contribution in [3.63, 3.8) is 0 Å². The number of hydrogen-bond donors (Lipinski definition) is 1. The van der Waals surface area contributed by atoms with Gasteiger partial charge in [-0.05, 0) is 25.2 Å². The van der Waals surface area contributed by atoms with Crippen LogP contribution in [0.1, 0.15) is 60.8 Å². The third-order valence-electron chi connectivity index (χ3n) is 3.51. The highest BCUT2D eigenvalue weighted by Crippen LogP contribution is 2.37. The molecule has 1 aliphatic carbocycles. The molecule has 0 aliphatic heterocycles. The van der Waals surface area contributed by atoms with Crippen LogP contribution in [0, 0.1) is 5.41 Å². The van der Waals surface area contributed by atoms with Crippen LogP contribution in [-0.4, -0.2) is 22.6 Å². The molecule has 1 nitrogen and oxygen atoms in total. The zero-order valence-electron chi connectivity index (χ0n) is 11.9. The van der Waals surface area contributed by atoms with Crippen molar-refractivity contribution in [3.05, 3.63) is 0 Å². The van der Waals surface area contributed by atoms with Crippen molar-refractivity contribution in [2.45, 2.75) is 77.6 Å². The largest absolute Gasteiger partial charge is 0.310 e. The third-order valence-corrected chi connectivity index (χ3v) is 5.04. The number of thioether (sulfide) groups is 1. The van der Waals surface area contributed by atoms with E-state index >= 15 is 0 Å². The minimum absolute atomic E-state index is 0.390. The van der Waals surface area contributed by atoms with Crippen LogP contribution in [-0.2, 0) is 0 Å². The smallest absolute Gasteiger partial charge is 0.0132 e. The van der Waals surface area contributed by atoms with Gasteiger partial charge < -0.3 is 5.32 Å². The van der Waals surface area contributed by atoms with E-state index in [0.717, 1.165) is 6.04 Å². The molecule has 0 spiro atoms. The first kappa shape index (κ1) is 14.4. The summed E-state index contributed by atoms with van der Waals surface area (Å²) in [5, 5.41) is 3.82. The lowest BCUT2D eigenvalue weighted by Crippen LogP contribution is -2.44. The van der Waals surface area contributed by atoms with E-state index < -0.39 is 0 Å². The summed E-state index contributed by atoms with van der Waals surface area (Å²) < 4.78 is 0.390. The van der Waals surface area contributed by atoms with Gasteiger partial charge in [0.2, 0.25) is 0 Å². The van der Waals surface area contributed by atoms with E-state index in [4.69, 9.17) is 0 Å². The molecule has 0 aromatic rings. The van der Waals surface area contributed by atoms with Crippen LogP contribution in [0.5, 0.6) is 0 Å². The quantitative estimate of drug-likeness (QED) is 0.798. The van der Waals surface area contributed by atoms with E-state index in [1.807, 2.05) is 0 Å². The van der Waals surface area contributed by atoms with Gasteiger partial charge in [-0.3, -0.25) is 0 Å². The Morgan fingerprint density at radius 1 is 1.38 bits per heavy atom. The van der Waals surface area contributed by atoms with Crippen LogP contribution in [0.4, 0.5) is 0 Å². The normalized spacial score (nSPS) is 27.0. The SMILES string of the molecule is CC(CSC(C)(C)C)NC1CCCC1(C)C. The van der Waals surface area contributed by atoms with E-state index in [1.54, 1.807) is 0 Å². The molecule has 2 unspecified atom stereocenters. The summed E-state index contributed by atoms with van der Waals surface area (Å²) >= 11 is 2.06. The molecule has 1 rings (SSSR count). The minimum Gasteiger partial charge on any atom is -0.310 e. The summed E-state index contributed by atoms with van der Waals surface area (Å²) in [6, 6.07) is 1.36.